The van der Waals surface area contributed by atoms with Crippen LogP contribution in [0.15, 0.2) is 18.3 Å². The number of rotatable bonds is 4. The molecule has 0 spiro atoms. The van der Waals surface area contributed by atoms with Crippen LogP contribution in [0.4, 0.5) is 0 Å². The van der Waals surface area contributed by atoms with E-state index in [4.69, 9.17) is 4.74 Å². The van der Waals surface area contributed by atoms with E-state index < -0.39 is 0 Å². The number of nitrogens with zero attached hydrogens (tertiary/aromatic N) is 1. The zero-order valence-corrected chi connectivity index (χ0v) is 11.0. The van der Waals surface area contributed by atoms with E-state index in [1.54, 1.807) is 7.11 Å². The lowest BCUT2D eigenvalue weighted by Crippen LogP contribution is -2.14. The van der Waals surface area contributed by atoms with Crippen molar-refractivity contribution in [3.05, 3.63) is 29.5 Å². The van der Waals surface area contributed by atoms with Crippen molar-refractivity contribution in [2.75, 3.05) is 27.7 Å². The van der Waals surface area contributed by atoms with Crippen LogP contribution < -0.4 is 4.74 Å². The fraction of sp³-hybridized carbons (Fsp3) is 0.429. The van der Waals surface area contributed by atoms with Gasteiger partial charge < -0.3 is 14.6 Å². The zero-order chi connectivity index (χ0) is 12.4. The number of aryl methyl sites for hydroxylation is 1. The van der Waals surface area contributed by atoms with E-state index in [0.29, 0.717) is 0 Å². The van der Waals surface area contributed by atoms with Crippen molar-refractivity contribution < 1.29 is 4.74 Å². The molecule has 1 heterocycles. The van der Waals surface area contributed by atoms with Crippen LogP contribution in [0.1, 0.15) is 11.1 Å². The summed E-state index contributed by atoms with van der Waals surface area (Å²) in [6, 6.07) is 4.14. The minimum absolute atomic E-state index is 0.959. The molecule has 0 fully saturated rings. The molecule has 0 aliphatic carbocycles. The summed E-state index contributed by atoms with van der Waals surface area (Å²) in [7, 11) is 5.92. The maximum absolute atomic E-state index is 5.45. The number of nitrogens with one attached hydrogen (secondary N) is 1. The van der Waals surface area contributed by atoms with Crippen molar-refractivity contribution in [2.45, 2.75) is 13.3 Å². The molecule has 0 unspecified atom stereocenters. The third-order valence-electron chi connectivity index (χ3n) is 3.14. The monoisotopic (exact) mass is 232 g/mol. The van der Waals surface area contributed by atoms with Crippen molar-refractivity contribution in [1.29, 1.82) is 0 Å². The smallest absolute Gasteiger partial charge is 0.128 e. The molecule has 0 radical (unpaired) electrons. The lowest BCUT2D eigenvalue weighted by Gasteiger charge is -2.10. The second-order valence-corrected chi connectivity index (χ2v) is 4.70. The number of fused-ring (bicyclic) bond motifs is 1. The molecule has 0 atom stereocenters. The van der Waals surface area contributed by atoms with E-state index >= 15 is 0 Å². The Morgan fingerprint density at radius 1 is 1.29 bits per heavy atom. The van der Waals surface area contributed by atoms with E-state index in [9.17, 15) is 0 Å². The van der Waals surface area contributed by atoms with Gasteiger partial charge in [0.2, 0.25) is 0 Å². The van der Waals surface area contributed by atoms with E-state index in [0.717, 1.165) is 18.7 Å². The average Bonchev–Trinajstić information content (AvgIpc) is 2.72. The Labute approximate surface area is 102 Å². The topological polar surface area (TPSA) is 28.3 Å². The lowest BCUT2D eigenvalue weighted by molar-refractivity contribution is 0.411. The molecular weight excluding hydrogens is 212 g/mol. The van der Waals surface area contributed by atoms with Crippen LogP contribution in [0.3, 0.4) is 0 Å². The maximum Gasteiger partial charge on any atom is 0.128 e. The third kappa shape index (κ3) is 2.29. The highest BCUT2D eigenvalue weighted by Crippen LogP contribution is 2.31. The van der Waals surface area contributed by atoms with Crippen molar-refractivity contribution >= 4 is 10.9 Å². The summed E-state index contributed by atoms with van der Waals surface area (Å²) in [5.41, 5.74) is 3.78. The molecule has 2 rings (SSSR count). The molecule has 1 N–H and O–H groups in total. The molecule has 3 nitrogen and oxygen atoms in total. The van der Waals surface area contributed by atoms with E-state index in [1.807, 2.05) is 6.07 Å². The van der Waals surface area contributed by atoms with Gasteiger partial charge in [0.15, 0.2) is 0 Å². The average molecular weight is 232 g/mol. The first-order valence-corrected chi connectivity index (χ1v) is 5.91. The molecule has 3 heteroatoms. The molecule has 17 heavy (non-hydrogen) atoms. The Hall–Kier alpha value is -1.48. The molecule has 0 bridgehead atoms. The molecule has 92 valence electrons. The van der Waals surface area contributed by atoms with Crippen molar-refractivity contribution in [3.8, 4) is 5.75 Å². The van der Waals surface area contributed by atoms with Crippen LogP contribution in [-0.4, -0.2) is 37.6 Å². The highest BCUT2D eigenvalue weighted by Gasteiger charge is 2.11. The van der Waals surface area contributed by atoms with Gasteiger partial charge in [-0.05, 0) is 44.6 Å². The van der Waals surface area contributed by atoms with Crippen LogP contribution in [0.2, 0.25) is 0 Å². The Balaban J connectivity index is 2.46. The van der Waals surface area contributed by atoms with Crippen LogP contribution >= 0.6 is 0 Å². The number of aromatic nitrogens is 1. The number of aromatic amines is 1. The molecular formula is C14H20N2O. The Kier molecular flexibility index (Phi) is 3.38. The second-order valence-electron chi connectivity index (χ2n) is 4.70. The van der Waals surface area contributed by atoms with Crippen LogP contribution in [0, 0.1) is 6.92 Å². The zero-order valence-electron chi connectivity index (χ0n) is 11.0. The first-order valence-electron chi connectivity index (χ1n) is 5.91. The summed E-state index contributed by atoms with van der Waals surface area (Å²) in [5.74, 6) is 0.959. The van der Waals surface area contributed by atoms with Gasteiger partial charge in [0.1, 0.15) is 5.75 Å². The van der Waals surface area contributed by atoms with Gasteiger partial charge in [-0.15, -0.1) is 0 Å². The SMILES string of the molecule is COc1ccc(C)c2[nH]cc(CCN(C)C)c12. The Morgan fingerprint density at radius 2 is 2.06 bits per heavy atom. The molecule has 0 amide bonds. The number of benzene rings is 1. The van der Waals surface area contributed by atoms with E-state index in [-0.39, 0.29) is 0 Å². The summed E-state index contributed by atoms with van der Waals surface area (Å²) in [4.78, 5) is 5.55. The molecule has 0 aliphatic heterocycles. The van der Waals surface area contributed by atoms with Gasteiger partial charge in [-0.1, -0.05) is 6.07 Å². The van der Waals surface area contributed by atoms with Crippen LogP contribution in [0.5, 0.6) is 5.75 Å². The minimum Gasteiger partial charge on any atom is -0.496 e. The fourth-order valence-corrected chi connectivity index (χ4v) is 2.14. The molecule has 0 aliphatic rings. The van der Waals surface area contributed by atoms with Gasteiger partial charge in [-0.25, -0.2) is 0 Å². The summed E-state index contributed by atoms with van der Waals surface area (Å²) >= 11 is 0. The Morgan fingerprint density at radius 3 is 2.71 bits per heavy atom. The number of hydrogen-bond donors (Lipinski definition) is 1. The largest absolute Gasteiger partial charge is 0.496 e. The van der Waals surface area contributed by atoms with Gasteiger partial charge in [0, 0.05) is 18.1 Å². The molecule has 1 aromatic carbocycles. The normalized spacial score (nSPS) is 11.4. The van der Waals surface area contributed by atoms with Crippen LogP contribution in [0.25, 0.3) is 10.9 Å². The predicted octanol–water partition coefficient (Wildman–Crippen LogP) is 2.59. The highest BCUT2D eigenvalue weighted by molar-refractivity contribution is 5.91. The summed E-state index contributed by atoms with van der Waals surface area (Å²) in [6.45, 7) is 3.16. The first kappa shape index (κ1) is 12.0. The summed E-state index contributed by atoms with van der Waals surface area (Å²) < 4.78 is 5.45. The molecule has 1 aromatic heterocycles. The van der Waals surface area contributed by atoms with Crippen LogP contribution in [-0.2, 0) is 6.42 Å². The minimum atomic E-state index is 0.959. The number of ether oxygens (including phenoxy) is 1. The summed E-state index contributed by atoms with van der Waals surface area (Å²) in [5, 5.41) is 1.23. The van der Waals surface area contributed by atoms with Gasteiger partial charge in [0.25, 0.3) is 0 Å². The molecule has 2 aromatic rings. The van der Waals surface area contributed by atoms with E-state index in [2.05, 4.69) is 43.2 Å². The maximum atomic E-state index is 5.45. The number of H-pyrrole nitrogens is 1. The summed E-state index contributed by atoms with van der Waals surface area (Å²) in [6.07, 6.45) is 3.14. The molecule has 0 saturated heterocycles. The van der Waals surface area contributed by atoms with Crippen molar-refractivity contribution in [1.82, 2.24) is 9.88 Å². The number of likely N-dealkylation sites (N-methyl/N-ethyl adjacent to an activating group) is 1. The van der Waals surface area contributed by atoms with Crippen molar-refractivity contribution in [2.24, 2.45) is 0 Å². The van der Waals surface area contributed by atoms with Gasteiger partial charge in [-0.3, -0.25) is 0 Å². The quantitative estimate of drug-likeness (QED) is 0.877. The van der Waals surface area contributed by atoms with Gasteiger partial charge >= 0.3 is 0 Å². The van der Waals surface area contributed by atoms with Crippen molar-refractivity contribution in [3.63, 3.8) is 0 Å². The highest BCUT2D eigenvalue weighted by atomic mass is 16.5. The lowest BCUT2D eigenvalue weighted by atomic mass is 10.1. The van der Waals surface area contributed by atoms with Gasteiger partial charge in [-0.2, -0.15) is 0 Å². The Bertz CT molecular complexity index is 514. The van der Waals surface area contributed by atoms with E-state index in [1.165, 1.54) is 22.0 Å². The van der Waals surface area contributed by atoms with Gasteiger partial charge in [0.05, 0.1) is 12.6 Å². The second kappa shape index (κ2) is 4.80. The standard InChI is InChI=1S/C14H20N2O/c1-10-5-6-12(17-4)13-11(7-8-16(2)3)9-15-14(10)13/h5-6,9,15H,7-8H2,1-4H3. The molecule has 0 saturated carbocycles. The third-order valence-corrected chi connectivity index (χ3v) is 3.14. The first-order chi connectivity index (χ1) is 8.13. The number of methoxy groups -OCH3 is 1. The predicted molar refractivity (Wildman–Crippen MR) is 71.8 cm³/mol. The fourth-order valence-electron chi connectivity index (χ4n) is 2.14. The number of hydrogen-bond acceptors (Lipinski definition) is 2.